The van der Waals surface area contributed by atoms with Crippen LogP contribution >= 0.6 is 0 Å². The minimum absolute atomic E-state index is 0.00353. The van der Waals surface area contributed by atoms with Crippen LogP contribution < -0.4 is 9.88 Å². The normalized spacial score (nSPS) is 11.7. The standard InChI is InChI=1S/C14H19NO7S/c1-14(2,3)22-12(16)8-21-13(17)9-5-6-10(20-4)11(7-9)23(15,18)19/h5-7H,8H2,1-4H3,(H2,15,18,19). The van der Waals surface area contributed by atoms with Gasteiger partial charge >= 0.3 is 11.9 Å². The number of esters is 2. The van der Waals surface area contributed by atoms with E-state index in [0.717, 1.165) is 6.07 Å². The van der Waals surface area contributed by atoms with Gasteiger partial charge in [0.1, 0.15) is 16.2 Å². The molecule has 128 valence electrons. The van der Waals surface area contributed by atoms with Gasteiger partial charge < -0.3 is 14.2 Å². The van der Waals surface area contributed by atoms with Crippen molar-refractivity contribution in [2.45, 2.75) is 31.3 Å². The van der Waals surface area contributed by atoms with Crippen LogP contribution in [0.25, 0.3) is 0 Å². The molecule has 8 nitrogen and oxygen atoms in total. The molecule has 0 fully saturated rings. The fourth-order valence-electron chi connectivity index (χ4n) is 1.60. The summed E-state index contributed by atoms with van der Waals surface area (Å²) in [5.74, 6) is -1.61. The summed E-state index contributed by atoms with van der Waals surface area (Å²) < 4.78 is 37.6. The van der Waals surface area contributed by atoms with Crippen LogP contribution in [0.15, 0.2) is 23.1 Å². The van der Waals surface area contributed by atoms with Crippen molar-refractivity contribution in [1.82, 2.24) is 0 Å². The van der Waals surface area contributed by atoms with Gasteiger partial charge in [0.2, 0.25) is 10.0 Å². The van der Waals surface area contributed by atoms with Crippen LogP contribution in [0.2, 0.25) is 0 Å². The van der Waals surface area contributed by atoms with E-state index in [-0.39, 0.29) is 16.2 Å². The number of benzene rings is 1. The molecule has 0 aliphatic carbocycles. The molecular weight excluding hydrogens is 326 g/mol. The molecule has 0 atom stereocenters. The number of rotatable bonds is 5. The van der Waals surface area contributed by atoms with Crippen molar-refractivity contribution in [3.8, 4) is 5.75 Å². The second kappa shape index (κ2) is 6.97. The Balaban J connectivity index is 2.88. The molecule has 0 spiro atoms. The number of carbonyl (C=O) groups excluding carboxylic acids is 2. The van der Waals surface area contributed by atoms with E-state index in [1.54, 1.807) is 20.8 Å². The molecule has 1 aromatic carbocycles. The number of carbonyl (C=O) groups is 2. The average Bonchev–Trinajstić information content (AvgIpc) is 2.41. The number of methoxy groups -OCH3 is 1. The van der Waals surface area contributed by atoms with E-state index < -0.39 is 34.2 Å². The molecule has 9 heteroatoms. The lowest BCUT2D eigenvalue weighted by Gasteiger charge is -2.19. The summed E-state index contributed by atoms with van der Waals surface area (Å²) in [6.07, 6.45) is 0. The van der Waals surface area contributed by atoms with Crippen molar-refractivity contribution < 1.29 is 32.2 Å². The Morgan fingerprint density at radius 2 is 1.83 bits per heavy atom. The zero-order valence-electron chi connectivity index (χ0n) is 13.3. The molecule has 0 aliphatic heterocycles. The van der Waals surface area contributed by atoms with E-state index in [1.165, 1.54) is 19.2 Å². The third-order valence-electron chi connectivity index (χ3n) is 2.45. The van der Waals surface area contributed by atoms with Gasteiger partial charge in [-0.15, -0.1) is 0 Å². The largest absolute Gasteiger partial charge is 0.495 e. The van der Waals surface area contributed by atoms with Gasteiger partial charge in [0, 0.05) is 0 Å². The Kier molecular flexibility index (Phi) is 5.73. The number of hydrogen-bond acceptors (Lipinski definition) is 7. The fraction of sp³-hybridized carbons (Fsp3) is 0.429. The number of ether oxygens (including phenoxy) is 3. The van der Waals surface area contributed by atoms with Gasteiger partial charge in [0.05, 0.1) is 12.7 Å². The fourth-order valence-corrected chi connectivity index (χ4v) is 2.33. The van der Waals surface area contributed by atoms with E-state index in [1.807, 2.05) is 0 Å². The van der Waals surface area contributed by atoms with Crippen LogP contribution in [0, 0.1) is 0 Å². The topological polar surface area (TPSA) is 122 Å². The minimum Gasteiger partial charge on any atom is -0.495 e. The minimum atomic E-state index is -4.08. The van der Waals surface area contributed by atoms with Crippen molar-refractivity contribution in [1.29, 1.82) is 0 Å². The number of primary sulfonamides is 1. The Morgan fingerprint density at radius 1 is 1.22 bits per heavy atom. The highest BCUT2D eigenvalue weighted by Crippen LogP contribution is 2.24. The van der Waals surface area contributed by atoms with Crippen LogP contribution in [0.4, 0.5) is 0 Å². The Hall–Kier alpha value is -2.13. The van der Waals surface area contributed by atoms with E-state index in [0.29, 0.717) is 0 Å². The summed E-state index contributed by atoms with van der Waals surface area (Å²) in [5.41, 5.74) is -0.789. The summed E-state index contributed by atoms with van der Waals surface area (Å²) in [6.45, 7) is 4.44. The molecule has 0 saturated carbocycles. The van der Waals surface area contributed by atoms with Crippen LogP contribution in [-0.2, 0) is 24.3 Å². The van der Waals surface area contributed by atoms with Gasteiger partial charge in [-0.25, -0.2) is 23.1 Å². The highest BCUT2D eigenvalue weighted by molar-refractivity contribution is 7.89. The molecule has 1 aromatic rings. The third kappa shape index (κ3) is 5.87. The van der Waals surface area contributed by atoms with Gasteiger partial charge in [0.15, 0.2) is 6.61 Å². The lowest BCUT2D eigenvalue weighted by Crippen LogP contribution is -2.27. The highest BCUT2D eigenvalue weighted by Gasteiger charge is 2.21. The Bertz CT molecular complexity index is 704. The zero-order valence-corrected chi connectivity index (χ0v) is 14.1. The monoisotopic (exact) mass is 345 g/mol. The molecular formula is C14H19NO7S. The van der Waals surface area contributed by atoms with E-state index >= 15 is 0 Å². The van der Waals surface area contributed by atoms with Gasteiger partial charge in [0.25, 0.3) is 0 Å². The number of nitrogens with two attached hydrogens (primary N) is 1. The van der Waals surface area contributed by atoms with E-state index in [9.17, 15) is 18.0 Å². The van der Waals surface area contributed by atoms with Crippen molar-refractivity contribution in [2.75, 3.05) is 13.7 Å². The van der Waals surface area contributed by atoms with Crippen LogP contribution in [0.5, 0.6) is 5.75 Å². The molecule has 0 unspecified atom stereocenters. The van der Waals surface area contributed by atoms with Crippen molar-refractivity contribution in [3.05, 3.63) is 23.8 Å². The molecule has 0 bridgehead atoms. The highest BCUT2D eigenvalue weighted by atomic mass is 32.2. The Morgan fingerprint density at radius 3 is 2.30 bits per heavy atom. The van der Waals surface area contributed by atoms with E-state index in [4.69, 9.17) is 19.3 Å². The summed E-state index contributed by atoms with van der Waals surface area (Å²) in [5, 5.41) is 5.06. The number of hydrogen-bond donors (Lipinski definition) is 1. The maximum absolute atomic E-state index is 11.9. The summed E-state index contributed by atoms with van der Waals surface area (Å²) in [7, 11) is -2.81. The third-order valence-corrected chi connectivity index (χ3v) is 3.38. The quantitative estimate of drug-likeness (QED) is 0.785. The van der Waals surface area contributed by atoms with Crippen LogP contribution in [0.1, 0.15) is 31.1 Å². The van der Waals surface area contributed by atoms with Gasteiger partial charge in [-0.2, -0.15) is 0 Å². The van der Waals surface area contributed by atoms with Crippen LogP contribution in [-0.4, -0.2) is 39.7 Å². The van der Waals surface area contributed by atoms with Crippen molar-refractivity contribution >= 4 is 22.0 Å². The summed E-state index contributed by atoms with van der Waals surface area (Å²) in [6, 6.07) is 3.58. The molecule has 2 N–H and O–H groups in total. The molecule has 0 amide bonds. The Labute approximate surface area is 134 Å². The maximum Gasteiger partial charge on any atom is 0.344 e. The molecule has 23 heavy (non-hydrogen) atoms. The zero-order chi connectivity index (χ0) is 17.8. The predicted octanol–water partition coefficient (Wildman–Crippen LogP) is 0.841. The predicted molar refractivity (Wildman–Crippen MR) is 80.5 cm³/mol. The summed E-state index contributed by atoms with van der Waals surface area (Å²) >= 11 is 0. The second-order valence-corrected chi connectivity index (χ2v) is 7.10. The first kappa shape index (κ1) is 18.9. The van der Waals surface area contributed by atoms with Gasteiger partial charge in [-0.05, 0) is 39.0 Å². The summed E-state index contributed by atoms with van der Waals surface area (Å²) in [4.78, 5) is 23.0. The van der Waals surface area contributed by atoms with Gasteiger partial charge in [-0.3, -0.25) is 0 Å². The molecule has 0 heterocycles. The second-order valence-electron chi connectivity index (χ2n) is 5.57. The van der Waals surface area contributed by atoms with Crippen molar-refractivity contribution in [2.24, 2.45) is 5.14 Å². The van der Waals surface area contributed by atoms with Gasteiger partial charge in [-0.1, -0.05) is 0 Å². The van der Waals surface area contributed by atoms with Crippen LogP contribution in [0.3, 0.4) is 0 Å². The average molecular weight is 345 g/mol. The molecule has 0 aliphatic rings. The smallest absolute Gasteiger partial charge is 0.344 e. The molecule has 0 radical (unpaired) electrons. The molecule has 1 rings (SSSR count). The maximum atomic E-state index is 11.9. The molecule has 0 saturated heterocycles. The lowest BCUT2D eigenvalue weighted by atomic mass is 10.2. The van der Waals surface area contributed by atoms with E-state index in [2.05, 4.69) is 0 Å². The van der Waals surface area contributed by atoms with Crippen molar-refractivity contribution in [3.63, 3.8) is 0 Å². The SMILES string of the molecule is COc1ccc(C(=O)OCC(=O)OC(C)(C)C)cc1S(N)(=O)=O. The number of sulfonamides is 1. The first-order valence-corrected chi connectivity index (χ1v) is 8.08. The first-order valence-electron chi connectivity index (χ1n) is 6.54. The first-order chi connectivity index (χ1) is 10.4. The lowest BCUT2D eigenvalue weighted by molar-refractivity contribution is -0.158. The molecule has 0 aromatic heterocycles.